The van der Waals surface area contributed by atoms with Crippen molar-refractivity contribution in [1.29, 1.82) is 0 Å². The summed E-state index contributed by atoms with van der Waals surface area (Å²) in [6, 6.07) is 8.58. The van der Waals surface area contributed by atoms with Crippen LogP contribution in [0.1, 0.15) is 25.0 Å². The molecule has 7 nitrogen and oxygen atoms in total. The van der Waals surface area contributed by atoms with Crippen LogP contribution in [0.4, 0.5) is 9.18 Å². The first-order valence-corrected chi connectivity index (χ1v) is 11.5. The lowest BCUT2D eigenvalue weighted by molar-refractivity contribution is -0.148. The lowest BCUT2D eigenvalue weighted by atomic mass is 10.1. The Morgan fingerprint density at radius 1 is 1.21 bits per heavy atom. The lowest BCUT2D eigenvalue weighted by Gasteiger charge is -2.18. The molecule has 0 radical (unpaired) electrons. The van der Waals surface area contributed by atoms with Crippen molar-refractivity contribution in [2.75, 3.05) is 13.7 Å². The number of esters is 1. The average Bonchev–Trinajstić information content (AvgIpc) is 3.07. The highest BCUT2D eigenvalue weighted by atomic mass is 79.9. The van der Waals surface area contributed by atoms with Crippen LogP contribution >= 0.6 is 27.7 Å². The van der Waals surface area contributed by atoms with Gasteiger partial charge in [-0.1, -0.05) is 34.1 Å². The predicted octanol–water partition coefficient (Wildman–Crippen LogP) is 5.16. The molecular formula is C23H21BrFNO6S. The standard InChI is InChI=1S/C23H21BrFNO6S/c1-4-31-18-9-15(10-20-21(27)26(23(29)33-20)13(2)22(28)30-3)16(24)11-19(18)32-12-14-7-5-6-8-17(14)25/h5-11,13H,4,12H2,1-3H3/b20-10+/t13-/m1/s1. The number of rotatable bonds is 8. The number of hydrogen-bond donors (Lipinski definition) is 0. The third-order valence-electron chi connectivity index (χ3n) is 4.74. The molecule has 2 amide bonds. The molecular weight excluding hydrogens is 517 g/mol. The summed E-state index contributed by atoms with van der Waals surface area (Å²) >= 11 is 4.18. The van der Waals surface area contributed by atoms with Gasteiger partial charge in [-0.25, -0.2) is 9.18 Å². The fourth-order valence-corrected chi connectivity index (χ4v) is 4.38. The fraction of sp³-hybridized carbons (Fsp3) is 0.261. The van der Waals surface area contributed by atoms with Crippen LogP contribution < -0.4 is 9.47 Å². The molecule has 10 heteroatoms. The van der Waals surface area contributed by atoms with Crippen molar-refractivity contribution in [3.8, 4) is 11.5 Å². The zero-order valence-corrected chi connectivity index (χ0v) is 20.5. The average molecular weight is 538 g/mol. The summed E-state index contributed by atoms with van der Waals surface area (Å²) < 4.78 is 30.6. The molecule has 2 aromatic rings. The van der Waals surface area contributed by atoms with E-state index in [4.69, 9.17) is 9.47 Å². The smallest absolute Gasteiger partial charge is 0.328 e. The molecule has 1 heterocycles. The number of halogens is 2. The van der Waals surface area contributed by atoms with Gasteiger partial charge in [-0.15, -0.1) is 0 Å². The van der Waals surface area contributed by atoms with E-state index >= 15 is 0 Å². The van der Waals surface area contributed by atoms with Crippen molar-refractivity contribution in [3.63, 3.8) is 0 Å². The summed E-state index contributed by atoms with van der Waals surface area (Å²) in [4.78, 5) is 37.9. The third kappa shape index (κ3) is 5.56. The van der Waals surface area contributed by atoms with Gasteiger partial charge in [0, 0.05) is 10.0 Å². The first-order chi connectivity index (χ1) is 15.8. The third-order valence-corrected chi connectivity index (χ3v) is 6.31. The Kier molecular flexibility index (Phi) is 8.15. The number of ether oxygens (including phenoxy) is 3. The maximum atomic E-state index is 13.9. The zero-order valence-electron chi connectivity index (χ0n) is 18.1. The largest absolute Gasteiger partial charge is 0.490 e. The number of methoxy groups -OCH3 is 1. The van der Waals surface area contributed by atoms with Crippen LogP contribution in [0.25, 0.3) is 6.08 Å². The van der Waals surface area contributed by atoms with Gasteiger partial charge < -0.3 is 14.2 Å². The molecule has 0 aromatic heterocycles. The lowest BCUT2D eigenvalue weighted by Crippen LogP contribution is -2.42. The van der Waals surface area contributed by atoms with Gasteiger partial charge in [-0.2, -0.15) is 0 Å². The Balaban J connectivity index is 1.88. The number of thioether (sulfide) groups is 1. The van der Waals surface area contributed by atoms with E-state index in [-0.39, 0.29) is 17.3 Å². The Labute approximate surface area is 203 Å². The number of nitrogens with zero attached hydrogens (tertiary/aromatic N) is 1. The second-order valence-electron chi connectivity index (χ2n) is 6.88. The van der Waals surface area contributed by atoms with Gasteiger partial charge in [0.05, 0.1) is 18.6 Å². The molecule has 0 bridgehead atoms. The normalized spacial score (nSPS) is 15.7. The van der Waals surface area contributed by atoms with Gasteiger partial charge in [0.25, 0.3) is 11.1 Å². The molecule has 33 heavy (non-hydrogen) atoms. The molecule has 174 valence electrons. The number of imide groups is 1. The zero-order chi connectivity index (χ0) is 24.1. The Hall–Kier alpha value is -2.85. The van der Waals surface area contributed by atoms with E-state index in [9.17, 15) is 18.8 Å². The molecule has 1 saturated heterocycles. The highest BCUT2D eigenvalue weighted by Crippen LogP contribution is 2.39. The van der Waals surface area contributed by atoms with Crippen LogP contribution in [0.2, 0.25) is 0 Å². The summed E-state index contributed by atoms with van der Waals surface area (Å²) in [7, 11) is 1.19. The molecule has 1 aliphatic rings. The van der Waals surface area contributed by atoms with Crippen LogP contribution in [-0.2, 0) is 20.9 Å². The van der Waals surface area contributed by atoms with Crippen LogP contribution in [0, 0.1) is 5.82 Å². The minimum Gasteiger partial charge on any atom is -0.490 e. The maximum absolute atomic E-state index is 13.9. The topological polar surface area (TPSA) is 82.1 Å². The Morgan fingerprint density at radius 2 is 1.91 bits per heavy atom. The quantitative estimate of drug-likeness (QED) is 0.339. The van der Waals surface area contributed by atoms with Crippen molar-refractivity contribution >= 4 is 50.9 Å². The number of carbonyl (C=O) groups excluding carboxylic acids is 3. The van der Waals surface area contributed by atoms with E-state index in [1.54, 1.807) is 30.3 Å². The van der Waals surface area contributed by atoms with E-state index in [0.717, 1.165) is 16.7 Å². The van der Waals surface area contributed by atoms with Crippen LogP contribution in [-0.4, -0.2) is 41.8 Å². The van der Waals surface area contributed by atoms with Crippen molar-refractivity contribution in [1.82, 2.24) is 4.90 Å². The minimum absolute atomic E-state index is 0.00282. The summed E-state index contributed by atoms with van der Waals surface area (Å²) in [5.74, 6) is -0.868. The van der Waals surface area contributed by atoms with E-state index in [1.165, 1.54) is 26.2 Å². The molecule has 1 atom stereocenters. The fourth-order valence-electron chi connectivity index (χ4n) is 3.04. The van der Waals surface area contributed by atoms with Gasteiger partial charge in [0.1, 0.15) is 18.5 Å². The van der Waals surface area contributed by atoms with Crippen molar-refractivity contribution < 1.29 is 33.0 Å². The molecule has 0 aliphatic carbocycles. The van der Waals surface area contributed by atoms with Crippen molar-refractivity contribution in [2.45, 2.75) is 26.5 Å². The second kappa shape index (κ2) is 10.8. The predicted molar refractivity (Wildman–Crippen MR) is 125 cm³/mol. The Morgan fingerprint density at radius 3 is 2.58 bits per heavy atom. The van der Waals surface area contributed by atoms with Gasteiger partial charge in [0.15, 0.2) is 11.5 Å². The second-order valence-corrected chi connectivity index (χ2v) is 8.73. The number of amides is 2. The molecule has 0 unspecified atom stereocenters. The van der Waals surface area contributed by atoms with Gasteiger partial charge >= 0.3 is 5.97 Å². The van der Waals surface area contributed by atoms with Gasteiger partial charge in [0.2, 0.25) is 0 Å². The number of hydrogen-bond acceptors (Lipinski definition) is 7. The highest BCUT2D eigenvalue weighted by Gasteiger charge is 2.41. The molecule has 0 spiro atoms. The van der Waals surface area contributed by atoms with Crippen LogP contribution in [0.15, 0.2) is 45.8 Å². The van der Waals surface area contributed by atoms with Gasteiger partial charge in [-0.3, -0.25) is 14.5 Å². The van der Waals surface area contributed by atoms with E-state index in [2.05, 4.69) is 20.7 Å². The highest BCUT2D eigenvalue weighted by molar-refractivity contribution is 9.10. The number of benzene rings is 2. The summed E-state index contributed by atoms with van der Waals surface area (Å²) in [5, 5.41) is -0.560. The SMILES string of the molecule is CCOc1cc(/C=C2/SC(=O)N([C@H](C)C(=O)OC)C2=O)c(Br)cc1OCc1ccccc1F. The summed E-state index contributed by atoms with van der Waals surface area (Å²) in [6.07, 6.45) is 1.53. The first-order valence-electron chi connectivity index (χ1n) is 9.94. The van der Waals surface area contributed by atoms with E-state index < -0.39 is 23.2 Å². The van der Waals surface area contributed by atoms with Crippen molar-refractivity contribution in [2.24, 2.45) is 0 Å². The maximum Gasteiger partial charge on any atom is 0.328 e. The summed E-state index contributed by atoms with van der Waals surface area (Å²) in [6.45, 7) is 3.59. The number of carbonyl (C=O) groups is 3. The monoisotopic (exact) mass is 537 g/mol. The van der Waals surface area contributed by atoms with E-state index in [0.29, 0.717) is 33.7 Å². The molecule has 0 N–H and O–H groups in total. The molecule has 0 saturated carbocycles. The minimum atomic E-state index is -1.04. The van der Waals surface area contributed by atoms with Crippen molar-refractivity contribution in [3.05, 3.63) is 62.7 Å². The molecule has 3 rings (SSSR count). The molecule has 1 aliphatic heterocycles. The summed E-state index contributed by atoms with van der Waals surface area (Å²) in [5.41, 5.74) is 0.960. The van der Waals surface area contributed by atoms with Crippen LogP contribution in [0.5, 0.6) is 11.5 Å². The molecule has 2 aromatic carbocycles. The van der Waals surface area contributed by atoms with Gasteiger partial charge in [-0.05, 0) is 55.4 Å². The molecule has 1 fully saturated rings. The first kappa shape index (κ1) is 24.8. The van der Waals surface area contributed by atoms with E-state index in [1.807, 2.05) is 6.92 Å². The Bertz CT molecular complexity index is 1120. The van der Waals surface area contributed by atoms with Crippen LogP contribution in [0.3, 0.4) is 0 Å².